The summed E-state index contributed by atoms with van der Waals surface area (Å²) < 4.78 is 13.6. The molecule has 3 aromatic rings. The number of halogens is 2. The van der Waals surface area contributed by atoms with Crippen molar-refractivity contribution in [1.29, 1.82) is 0 Å². The standard InChI is InChI=1S/C24H22ClFN2OS/c25-16-7-11-18(12-8-16)27-24(29)28-14-13-20-19-3-1-2-4-21(19)30-23(20)22(28)15-5-9-17(26)10-6-15/h5-12,22H,1-4,13-14H2,(H,27,29). The van der Waals surface area contributed by atoms with Gasteiger partial charge in [0.2, 0.25) is 0 Å². The zero-order valence-electron chi connectivity index (χ0n) is 16.5. The van der Waals surface area contributed by atoms with Crippen molar-refractivity contribution in [2.24, 2.45) is 0 Å². The van der Waals surface area contributed by atoms with E-state index in [0.717, 1.165) is 24.8 Å². The lowest BCUT2D eigenvalue weighted by Gasteiger charge is -2.36. The molecule has 1 aliphatic carbocycles. The van der Waals surface area contributed by atoms with Gasteiger partial charge in [0.05, 0.1) is 6.04 Å². The predicted molar refractivity (Wildman–Crippen MR) is 120 cm³/mol. The topological polar surface area (TPSA) is 32.3 Å². The average molecular weight is 441 g/mol. The van der Waals surface area contributed by atoms with Crippen LogP contribution < -0.4 is 5.32 Å². The number of fused-ring (bicyclic) bond motifs is 3. The number of benzene rings is 2. The quantitative estimate of drug-likeness (QED) is 0.478. The maximum atomic E-state index is 13.6. The van der Waals surface area contributed by atoms with Gasteiger partial charge in [-0.3, -0.25) is 0 Å². The highest BCUT2D eigenvalue weighted by Gasteiger charge is 2.36. The highest BCUT2D eigenvalue weighted by atomic mass is 35.5. The van der Waals surface area contributed by atoms with Gasteiger partial charge in [-0.2, -0.15) is 0 Å². The molecule has 0 fully saturated rings. The molecular weight excluding hydrogens is 419 g/mol. The molecule has 0 bridgehead atoms. The van der Waals surface area contributed by atoms with Gasteiger partial charge in [0.15, 0.2) is 0 Å². The fourth-order valence-corrected chi connectivity index (χ4v) is 6.28. The van der Waals surface area contributed by atoms with Crippen LogP contribution in [0.3, 0.4) is 0 Å². The van der Waals surface area contributed by atoms with Crippen LogP contribution in [0.5, 0.6) is 0 Å². The van der Waals surface area contributed by atoms with Crippen molar-refractivity contribution < 1.29 is 9.18 Å². The molecule has 1 aromatic heterocycles. The Kier molecular flexibility index (Phi) is 5.25. The average Bonchev–Trinajstić information content (AvgIpc) is 3.14. The molecule has 1 aliphatic heterocycles. The van der Waals surface area contributed by atoms with E-state index in [2.05, 4.69) is 5.32 Å². The summed E-state index contributed by atoms with van der Waals surface area (Å²) in [6, 6.07) is 13.3. The van der Waals surface area contributed by atoms with Crippen molar-refractivity contribution in [3.05, 3.63) is 85.8 Å². The lowest BCUT2D eigenvalue weighted by atomic mass is 9.88. The summed E-state index contributed by atoms with van der Waals surface area (Å²) in [6.45, 7) is 0.637. The van der Waals surface area contributed by atoms with E-state index in [9.17, 15) is 9.18 Å². The first-order valence-corrected chi connectivity index (χ1v) is 11.5. The van der Waals surface area contributed by atoms with E-state index >= 15 is 0 Å². The lowest BCUT2D eigenvalue weighted by Crippen LogP contribution is -2.42. The molecule has 0 spiro atoms. The molecule has 0 saturated heterocycles. The SMILES string of the molecule is O=C(Nc1ccc(Cl)cc1)N1CCc2c(sc3c2CCCC3)C1c1ccc(F)cc1. The van der Waals surface area contributed by atoms with Gasteiger partial charge in [0, 0.05) is 27.0 Å². The molecule has 2 amide bonds. The van der Waals surface area contributed by atoms with Crippen LogP contribution in [0.25, 0.3) is 0 Å². The van der Waals surface area contributed by atoms with Crippen LogP contribution in [0, 0.1) is 5.82 Å². The Labute approximate surface area is 184 Å². The van der Waals surface area contributed by atoms with Crippen LogP contribution in [0.15, 0.2) is 48.5 Å². The Morgan fingerprint density at radius 3 is 2.50 bits per heavy atom. The Morgan fingerprint density at radius 1 is 1.00 bits per heavy atom. The third-order valence-corrected chi connectivity index (χ3v) is 7.66. The molecule has 3 nitrogen and oxygen atoms in total. The number of rotatable bonds is 2. The van der Waals surface area contributed by atoms with Crippen molar-refractivity contribution in [3.8, 4) is 0 Å². The minimum Gasteiger partial charge on any atom is -0.312 e. The summed E-state index contributed by atoms with van der Waals surface area (Å²) in [5.41, 5.74) is 4.58. The third kappa shape index (κ3) is 3.61. The molecule has 0 saturated carbocycles. The fourth-order valence-electron chi connectivity index (χ4n) is 4.57. The lowest BCUT2D eigenvalue weighted by molar-refractivity contribution is 0.195. The maximum Gasteiger partial charge on any atom is 0.322 e. The minimum absolute atomic E-state index is 0.149. The molecule has 6 heteroatoms. The van der Waals surface area contributed by atoms with Crippen LogP contribution in [0.4, 0.5) is 14.9 Å². The number of thiophene rings is 1. The molecule has 2 aliphatic rings. The number of urea groups is 1. The highest BCUT2D eigenvalue weighted by Crippen LogP contribution is 2.45. The van der Waals surface area contributed by atoms with Gasteiger partial charge in [0.1, 0.15) is 5.82 Å². The van der Waals surface area contributed by atoms with E-state index < -0.39 is 0 Å². The van der Waals surface area contributed by atoms with Crippen LogP contribution in [-0.2, 0) is 19.3 Å². The summed E-state index contributed by atoms with van der Waals surface area (Å²) in [5.74, 6) is -0.266. The van der Waals surface area contributed by atoms with Crippen molar-refractivity contribution in [1.82, 2.24) is 4.90 Å². The van der Waals surface area contributed by atoms with E-state index in [1.165, 1.54) is 45.9 Å². The molecule has 1 atom stereocenters. The number of hydrogen-bond acceptors (Lipinski definition) is 2. The second kappa shape index (κ2) is 8.05. The summed E-state index contributed by atoms with van der Waals surface area (Å²) in [7, 11) is 0. The molecule has 1 N–H and O–H groups in total. The number of amides is 2. The van der Waals surface area contributed by atoms with Crippen LogP contribution in [-0.4, -0.2) is 17.5 Å². The fraction of sp³-hybridized carbons (Fsp3) is 0.292. The number of carbonyl (C=O) groups is 1. The van der Waals surface area contributed by atoms with Gasteiger partial charge < -0.3 is 10.2 Å². The number of nitrogens with one attached hydrogen (secondary N) is 1. The molecular formula is C24H22ClFN2OS. The zero-order chi connectivity index (χ0) is 20.7. The van der Waals surface area contributed by atoms with Gasteiger partial charge in [-0.05, 0) is 85.2 Å². The molecule has 2 aromatic carbocycles. The number of carbonyl (C=O) groups excluding carboxylic acids is 1. The molecule has 154 valence electrons. The first-order chi connectivity index (χ1) is 14.6. The Morgan fingerprint density at radius 2 is 1.73 bits per heavy atom. The number of nitrogens with zero attached hydrogens (tertiary/aromatic N) is 1. The first-order valence-electron chi connectivity index (χ1n) is 10.3. The van der Waals surface area contributed by atoms with E-state index in [0.29, 0.717) is 17.3 Å². The Hall–Kier alpha value is -2.37. The first kappa shape index (κ1) is 19.6. The van der Waals surface area contributed by atoms with E-state index in [4.69, 9.17) is 11.6 Å². The predicted octanol–water partition coefficient (Wildman–Crippen LogP) is 6.60. The van der Waals surface area contributed by atoms with Crippen molar-refractivity contribution >= 4 is 34.7 Å². The van der Waals surface area contributed by atoms with Crippen molar-refractivity contribution in [3.63, 3.8) is 0 Å². The Bertz CT molecular complexity index is 1080. The molecule has 30 heavy (non-hydrogen) atoms. The molecule has 2 heterocycles. The normalized spacial score (nSPS) is 17.9. The Balaban J connectivity index is 1.53. The second-order valence-corrected chi connectivity index (χ2v) is 9.46. The van der Waals surface area contributed by atoms with E-state index in [-0.39, 0.29) is 17.9 Å². The van der Waals surface area contributed by atoms with Gasteiger partial charge >= 0.3 is 6.03 Å². The van der Waals surface area contributed by atoms with Crippen molar-refractivity contribution in [2.45, 2.75) is 38.1 Å². The smallest absolute Gasteiger partial charge is 0.312 e. The summed E-state index contributed by atoms with van der Waals surface area (Å²) in [6.07, 6.45) is 5.59. The van der Waals surface area contributed by atoms with Crippen LogP contribution >= 0.6 is 22.9 Å². The summed E-state index contributed by atoms with van der Waals surface area (Å²) in [4.78, 5) is 17.9. The van der Waals surface area contributed by atoms with Crippen LogP contribution in [0.2, 0.25) is 5.02 Å². The molecule has 0 radical (unpaired) electrons. The molecule has 5 rings (SSSR count). The van der Waals surface area contributed by atoms with Gasteiger partial charge in [-0.15, -0.1) is 11.3 Å². The summed E-state index contributed by atoms with van der Waals surface area (Å²) in [5, 5.41) is 3.63. The molecule has 1 unspecified atom stereocenters. The van der Waals surface area contributed by atoms with Crippen molar-refractivity contribution in [2.75, 3.05) is 11.9 Å². The maximum absolute atomic E-state index is 13.6. The van der Waals surface area contributed by atoms with E-state index in [1.807, 2.05) is 16.2 Å². The zero-order valence-corrected chi connectivity index (χ0v) is 18.0. The minimum atomic E-state index is -0.266. The van der Waals surface area contributed by atoms with E-state index in [1.54, 1.807) is 36.4 Å². The largest absolute Gasteiger partial charge is 0.322 e. The van der Waals surface area contributed by atoms with Gasteiger partial charge in [0.25, 0.3) is 0 Å². The van der Waals surface area contributed by atoms with Gasteiger partial charge in [-0.25, -0.2) is 9.18 Å². The number of aryl methyl sites for hydroxylation is 1. The van der Waals surface area contributed by atoms with Gasteiger partial charge in [-0.1, -0.05) is 23.7 Å². The summed E-state index contributed by atoms with van der Waals surface area (Å²) >= 11 is 7.81. The van der Waals surface area contributed by atoms with Crippen LogP contribution in [0.1, 0.15) is 45.3 Å². The number of anilines is 1. The number of hydrogen-bond donors (Lipinski definition) is 1. The highest BCUT2D eigenvalue weighted by molar-refractivity contribution is 7.12. The third-order valence-electron chi connectivity index (χ3n) is 6.02. The monoisotopic (exact) mass is 440 g/mol. The second-order valence-electron chi connectivity index (χ2n) is 7.89.